The van der Waals surface area contributed by atoms with Crippen LogP contribution < -0.4 is 4.74 Å². The average Bonchev–Trinajstić information content (AvgIpc) is 2.60. The summed E-state index contributed by atoms with van der Waals surface area (Å²) in [7, 11) is 1.45. The fraction of sp³-hybridized carbons (Fsp3) is 0.167. The van der Waals surface area contributed by atoms with Crippen LogP contribution in [0.3, 0.4) is 0 Å². The van der Waals surface area contributed by atoms with E-state index in [4.69, 9.17) is 4.74 Å². The lowest BCUT2D eigenvalue weighted by Crippen LogP contribution is -1.95. The number of nitrogens with zero attached hydrogens (tertiary/aromatic N) is 3. The predicted molar refractivity (Wildman–Crippen MR) is 92.5 cm³/mol. The molecule has 6 heteroatoms. The molecule has 0 saturated heterocycles. The molecule has 122 valence electrons. The Labute approximate surface area is 144 Å². The van der Waals surface area contributed by atoms with Crippen molar-refractivity contribution < 1.29 is 9.13 Å². The van der Waals surface area contributed by atoms with Crippen LogP contribution in [0.4, 0.5) is 4.39 Å². The molecular weight excluding hydrogens is 325 g/mol. The van der Waals surface area contributed by atoms with E-state index in [1.54, 1.807) is 12.3 Å². The lowest BCUT2D eigenvalue weighted by molar-refractivity contribution is 0.386. The molecule has 2 heterocycles. The minimum Gasteiger partial charge on any atom is -0.494 e. The van der Waals surface area contributed by atoms with Crippen molar-refractivity contribution in [3.63, 3.8) is 0 Å². The highest BCUT2D eigenvalue weighted by atomic mass is 32.2. The lowest BCUT2D eigenvalue weighted by Gasteiger charge is -2.07. The van der Waals surface area contributed by atoms with Gasteiger partial charge in [0.15, 0.2) is 11.6 Å². The van der Waals surface area contributed by atoms with E-state index in [-0.39, 0.29) is 11.6 Å². The number of hydrogen-bond acceptors (Lipinski definition) is 5. The fourth-order valence-corrected chi connectivity index (χ4v) is 3.10. The normalized spacial score (nSPS) is 10.6. The summed E-state index contributed by atoms with van der Waals surface area (Å²) < 4.78 is 18.7. The van der Waals surface area contributed by atoms with Crippen molar-refractivity contribution in [3.05, 3.63) is 65.9 Å². The highest BCUT2D eigenvalue weighted by Gasteiger charge is 2.08. The number of hydrogen-bond donors (Lipinski definition) is 0. The summed E-state index contributed by atoms with van der Waals surface area (Å²) in [5.74, 6) is 1.18. The van der Waals surface area contributed by atoms with Gasteiger partial charge in [0.05, 0.1) is 18.5 Å². The molecule has 0 bridgehead atoms. The van der Waals surface area contributed by atoms with Crippen LogP contribution in [0.25, 0.3) is 11.4 Å². The number of aryl methyl sites for hydroxylation is 1. The van der Waals surface area contributed by atoms with Crippen molar-refractivity contribution in [2.75, 3.05) is 7.11 Å². The number of methoxy groups -OCH3 is 1. The predicted octanol–water partition coefficient (Wildman–Crippen LogP) is 4.29. The molecule has 0 atom stereocenters. The van der Waals surface area contributed by atoms with Gasteiger partial charge in [0, 0.05) is 11.9 Å². The molecular formula is C18H16FN3OS. The Morgan fingerprint density at radius 3 is 2.67 bits per heavy atom. The van der Waals surface area contributed by atoms with E-state index in [2.05, 4.69) is 15.0 Å². The molecule has 0 aliphatic heterocycles. The maximum atomic E-state index is 13.8. The largest absolute Gasteiger partial charge is 0.494 e. The van der Waals surface area contributed by atoms with E-state index in [1.807, 2.05) is 37.3 Å². The van der Waals surface area contributed by atoms with Crippen LogP contribution >= 0.6 is 11.8 Å². The monoisotopic (exact) mass is 341 g/mol. The maximum Gasteiger partial charge on any atom is 0.165 e. The van der Waals surface area contributed by atoms with Gasteiger partial charge in [-0.3, -0.25) is 4.98 Å². The van der Waals surface area contributed by atoms with E-state index in [0.717, 1.165) is 22.0 Å². The second kappa shape index (κ2) is 7.40. The third kappa shape index (κ3) is 3.89. The number of aromatic nitrogens is 3. The first-order valence-electron chi connectivity index (χ1n) is 7.38. The van der Waals surface area contributed by atoms with E-state index in [9.17, 15) is 4.39 Å². The molecule has 1 aromatic carbocycles. The highest BCUT2D eigenvalue weighted by Crippen LogP contribution is 2.26. The van der Waals surface area contributed by atoms with Gasteiger partial charge in [-0.25, -0.2) is 14.4 Å². The molecule has 0 radical (unpaired) electrons. The van der Waals surface area contributed by atoms with Gasteiger partial charge in [-0.15, -0.1) is 11.8 Å². The first-order chi connectivity index (χ1) is 11.7. The summed E-state index contributed by atoms with van der Waals surface area (Å²) >= 11 is 1.53. The molecule has 0 fully saturated rings. The van der Waals surface area contributed by atoms with Crippen LogP contribution in [0.2, 0.25) is 0 Å². The van der Waals surface area contributed by atoms with Gasteiger partial charge >= 0.3 is 0 Å². The van der Waals surface area contributed by atoms with Gasteiger partial charge in [-0.1, -0.05) is 12.1 Å². The third-order valence-corrected chi connectivity index (χ3v) is 4.33. The average molecular weight is 341 g/mol. The number of benzene rings is 1. The number of pyridine rings is 1. The van der Waals surface area contributed by atoms with Gasteiger partial charge in [0.2, 0.25) is 0 Å². The summed E-state index contributed by atoms with van der Waals surface area (Å²) in [4.78, 5) is 13.2. The van der Waals surface area contributed by atoms with Gasteiger partial charge in [-0.2, -0.15) is 0 Å². The second-order valence-corrected chi connectivity index (χ2v) is 6.11. The first kappa shape index (κ1) is 16.4. The van der Waals surface area contributed by atoms with E-state index >= 15 is 0 Å². The van der Waals surface area contributed by atoms with Crippen molar-refractivity contribution >= 4 is 11.8 Å². The van der Waals surface area contributed by atoms with Crippen LogP contribution in [0, 0.1) is 12.7 Å². The molecule has 0 aliphatic carbocycles. The summed E-state index contributed by atoms with van der Waals surface area (Å²) in [5.41, 5.74) is 2.46. The second-order valence-electron chi connectivity index (χ2n) is 5.11. The topological polar surface area (TPSA) is 47.9 Å². The Hall–Kier alpha value is -2.47. The lowest BCUT2D eigenvalue weighted by atomic mass is 10.2. The van der Waals surface area contributed by atoms with E-state index in [0.29, 0.717) is 11.6 Å². The van der Waals surface area contributed by atoms with E-state index in [1.165, 1.54) is 24.9 Å². The molecule has 0 aliphatic rings. The zero-order chi connectivity index (χ0) is 16.9. The van der Waals surface area contributed by atoms with Crippen LogP contribution in [-0.4, -0.2) is 22.1 Å². The molecule has 0 spiro atoms. The van der Waals surface area contributed by atoms with Crippen LogP contribution in [0.15, 0.2) is 53.7 Å². The number of halogens is 1. The Morgan fingerprint density at radius 2 is 1.96 bits per heavy atom. The van der Waals surface area contributed by atoms with Crippen LogP contribution in [0.5, 0.6) is 5.75 Å². The van der Waals surface area contributed by atoms with Gasteiger partial charge < -0.3 is 4.74 Å². The van der Waals surface area contributed by atoms with Gasteiger partial charge in [0.25, 0.3) is 0 Å². The smallest absolute Gasteiger partial charge is 0.165 e. The summed E-state index contributed by atoms with van der Waals surface area (Å²) in [5, 5.41) is 0.833. The number of thioether (sulfide) groups is 1. The highest BCUT2D eigenvalue weighted by molar-refractivity contribution is 7.98. The standard InChI is InChI=1S/C18H16FN3OS/c1-12-21-16(15-5-3-4-8-20-15)10-18(22-12)24-11-13-6-7-17(23-2)14(19)9-13/h3-10H,11H2,1-2H3. The molecule has 0 N–H and O–H groups in total. The molecule has 24 heavy (non-hydrogen) atoms. The van der Waals surface area contributed by atoms with Crippen LogP contribution in [-0.2, 0) is 5.75 Å². The molecule has 3 aromatic rings. The Balaban J connectivity index is 1.78. The minimum absolute atomic E-state index is 0.249. The molecule has 0 saturated carbocycles. The maximum absolute atomic E-state index is 13.8. The third-order valence-electron chi connectivity index (χ3n) is 3.34. The summed E-state index contributed by atoms with van der Waals surface area (Å²) in [6, 6.07) is 12.6. The zero-order valence-corrected chi connectivity index (χ0v) is 14.2. The van der Waals surface area contributed by atoms with Crippen molar-refractivity contribution in [3.8, 4) is 17.1 Å². The van der Waals surface area contributed by atoms with Gasteiger partial charge in [0.1, 0.15) is 10.9 Å². The molecule has 0 unspecified atom stereocenters. The van der Waals surface area contributed by atoms with Crippen molar-refractivity contribution in [1.29, 1.82) is 0 Å². The zero-order valence-electron chi connectivity index (χ0n) is 13.4. The van der Waals surface area contributed by atoms with Crippen molar-refractivity contribution in [2.45, 2.75) is 17.7 Å². The molecule has 4 nitrogen and oxygen atoms in total. The number of rotatable bonds is 5. The molecule has 0 amide bonds. The molecule has 3 rings (SSSR count). The fourth-order valence-electron chi connectivity index (χ4n) is 2.22. The molecule has 2 aromatic heterocycles. The van der Waals surface area contributed by atoms with E-state index < -0.39 is 0 Å². The first-order valence-corrected chi connectivity index (χ1v) is 8.36. The summed E-state index contributed by atoms with van der Waals surface area (Å²) in [6.07, 6.45) is 1.74. The van der Waals surface area contributed by atoms with Crippen molar-refractivity contribution in [2.24, 2.45) is 0 Å². The van der Waals surface area contributed by atoms with Crippen LogP contribution in [0.1, 0.15) is 11.4 Å². The Kier molecular flexibility index (Phi) is 5.05. The number of ether oxygens (including phenoxy) is 1. The Bertz CT molecular complexity index is 843. The van der Waals surface area contributed by atoms with Gasteiger partial charge in [-0.05, 0) is 42.8 Å². The van der Waals surface area contributed by atoms with Crippen molar-refractivity contribution in [1.82, 2.24) is 15.0 Å². The summed E-state index contributed by atoms with van der Waals surface area (Å²) in [6.45, 7) is 1.85. The SMILES string of the molecule is COc1ccc(CSc2cc(-c3ccccn3)nc(C)n2)cc1F. The Morgan fingerprint density at radius 1 is 1.08 bits per heavy atom. The quantitative estimate of drug-likeness (QED) is 0.512. The minimum atomic E-state index is -0.358.